The molecule has 0 saturated carbocycles. The molecule has 20 heavy (non-hydrogen) atoms. The molecule has 0 amide bonds. The number of aromatic carboxylic acids is 1. The Morgan fingerprint density at radius 1 is 1.05 bits per heavy atom. The van der Waals surface area contributed by atoms with Gasteiger partial charge in [-0.05, 0) is 17.2 Å². The summed E-state index contributed by atoms with van der Waals surface area (Å²) in [4.78, 5) is 11.1. The quantitative estimate of drug-likeness (QED) is 0.826. The lowest BCUT2D eigenvalue weighted by molar-refractivity contribution is -0.137. The molecule has 0 unspecified atom stereocenters. The number of hydrogen-bond donors (Lipinski definition) is 2. The van der Waals surface area contributed by atoms with E-state index in [9.17, 15) is 18.0 Å². The van der Waals surface area contributed by atoms with E-state index in [0.29, 0.717) is 0 Å². The van der Waals surface area contributed by atoms with Crippen molar-refractivity contribution < 1.29 is 23.1 Å². The van der Waals surface area contributed by atoms with E-state index >= 15 is 0 Å². The molecule has 0 aliphatic carbocycles. The maximum absolute atomic E-state index is 13.2. The fraction of sp³-hybridized carbons (Fsp3) is 0.0714. The van der Waals surface area contributed by atoms with Gasteiger partial charge in [0.05, 0.1) is 11.1 Å². The number of halogens is 3. The lowest BCUT2D eigenvalue weighted by Gasteiger charge is -2.17. The highest BCUT2D eigenvalue weighted by atomic mass is 19.4. The van der Waals surface area contributed by atoms with Crippen LogP contribution in [0.5, 0.6) is 0 Å². The van der Waals surface area contributed by atoms with Crippen molar-refractivity contribution in [3.05, 3.63) is 53.6 Å². The third-order valence-electron chi connectivity index (χ3n) is 2.82. The number of nitrogen functional groups attached to an aromatic ring is 1. The summed E-state index contributed by atoms with van der Waals surface area (Å²) in [6, 6.07) is 10.1. The Kier molecular flexibility index (Phi) is 3.40. The van der Waals surface area contributed by atoms with Crippen LogP contribution in [0.1, 0.15) is 15.9 Å². The summed E-state index contributed by atoms with van der Waals surface area (Å²) in [5.74, 6) is -1.70. The minimum Gasteiger partial charge on any atom is -0.478 e. The Morgan fingerprint density at radius 2 is 1.65 bits per heavy atom. The Morgan fingerprint density at radius 3 is 2.15 bits per heavy atom. The Hall–Kier alpha value is -2.50. The number of carbonyl (C=O) groups is 1. The molecule has 2 aromatic carbocycles. The van der Waals surface area contributed by atoms with Gasteiger partial charge >= 0.3 is 12.1 Å². The number of benzene rings is 2. The fourth-order valence-electron chi connectivity index (χ4n) is 2.00. The maximum atomic E-state index is 13.2. The second kappa shape index (κ2) is 4.88. The standard InChI is InChI=1S/C14H10F3NO2/c15-14(16,17)12-9(8-4-2-1-3-5-8)6-7-10(18)11(12)13(19)20/h1-7H,18H2,(H,19,20). The predicted molar refractivity (Wildman–Crippen MR) is 68.3 cm³/mol. The first-order valence-electron chi connectivity index (χ1n) is 5.60. The van der Waals surface area contributed by atoms with Crippen LogP contribution >= 0.6 is 0 Å². The molecule has 0 aliphatic heterocycles. The largest absolute Gasteiger partial charge is 0.478 e. The van der Waals surface area contributed by atoms with Crippen LogP contribution in [0.4, 0.5) is 18.9 Å². The van der Waals surface area contributed by atoms with Crippen LogP contribution < -0.4 is 5.73 Å². The predicted octanol–water partition coefficient (Wildman–Crippen LogP) is 3.65. The number of carboxylic acid groups (broad SMARTS) is 1. The molecule has 0 saturated heterocycles. The van der Waals surface area contributed by atoms with Crippen molar-refractivity contribution in [2.75, 3.05) is 5.73 Å². The van der Waals surface area contributed by atoms with Crippen molar-refractivity contribution in [3.63, 3.8) is 0 Å². The van der Waals surface area contributed by atoms with Gasteiger partial charge in [-0.2, -0.15) is 13.2 Å². The van der Waals surface area contributed by atoms with Gasteiger partial charge in [0.15, 0.2) is 0 Å². The topological polar surface area (TPSA) is 63.3 Å². The van der Waals surface area contributed by atoms with Gasteiger partial charge in [0, 0.05) is 5.69 Å². The molecule has 0 fully saturated rings. The first kappa shape index (κ1) is 13.9. The molecule has 2 rings (SSSR count). The van der Waals surface area contributed by atoms with Crippen molar-refractivity contribution in [1.29, 1.82) is 0 Å². The van der Waals surface area contributed by atoms with E-state index in [1.165, 1.54) is 24.3 Å². The zero-order valence-electron chi connectivity index (χ0n) is 10.1. The first-order chi connectivity index (χ1) is 9.32. The van der Waals surface area contributed by atoms with Gasteiger partial charge in [-0.25, -0.2) is 4.79 Å². The molecule has 0 radical (unpaired) electrons. The van der Waals surface area contributed by atoms with Crippen LogP contribution in [0.2, 0.25) is 0 Å². The third-order valence-corrected chi connectivity index (χ3v) is 2.82. The van der Waals surface area contributed by atoms with Crippen LogP contribution in [0.25, 0.3) is 11.1 Å². The molecule has 104 valence electrons. The van der Waals surface area contributed by atoms with Crippen LogP contribution in [0.15, 0.2) is 42.5 Å². The third kappa shape index (κ3) is 2.45. The number of anilines is 1. The smallest absolute Gasteiger partial charge is 0.417 e. The van der Waals surface area contributed by atoms with E-state index in [0.717, 1.165) is 0 Å². The second-order valence-electron chi connectivity index (χ2n) is 4.12. The Bertz CT molecular complexity index is 651. The van der Waals surface area contributed by atoms with Crippen LogP contribution in [0.3, 0.4) is 0 Å². The van der Waals surface area contributed by atoms with Crippen LogP contribution in [-0.2, 0) is 6.18 Å². The normalized spacial score (nSPS) is 11.3. The first-order valence-corrected chi connectivity index (χ1v) is 5.60. The van der Waals surface area contributed by atoms with E-state index < -0.39 is 29.0 Å². The van der Waals surface area contributed by atoms with Gasteiger partial charge in [0.2, 0.25) is 0 Å². The van der Waals surface area contributed by atoms with E-state index in [1.807, 2.05) is 0 Å². The summed E-state index contributed by atoms with van der Waals surface area (Å²) in [5, 5.41) is 9.00. The lowest BCUT2D eigenvalue weighted by atomic mass is 9.93. The number of nitrogens with two attached hydrogens (primary N) is 1. The molecular weight excluding hydrogens is 271 g/mol. The second-order valence-corrected chi connectivity index (χ2v) is 4.12. The fourth-order valence-corrected chi connectivity index (χ4v) is 2.00. The Balaban J connectivity index is 2.83. The van der Waals surface area contributed by atoms with Gasteiger partial charge in [0.25, 0.3) is 0 Å². The highest BCUT2D eigenvalue weighted by molar-refractivity contribution is 5.98. The van der Waals surface area contributed by atoms with Crippen molar-refractivity contribution in [1.82, 2.24) is 0 Å². The summed E-state index contributed by atoms with van der Waals surface area (Å²) in [7, 11) is 0. The van der Waals surface area contributed by atoms with Gasteiger partial charge in [0.1, 0.15) is 0 Å². The average molecular weight is 281 g/mol. The summed E-state index contributed by atoms with van der Waals surface area (Å²) in [6.07, 6.45) is -4.81. The number of hydrogen-bond acceptors (Lipinski definition) is 2. The molecule has 2 aromatic rings. The molecule has 0 bridgehead atoms. The zero-order chi connectivity index (χ0) is 14.9. The minimum absolute atomic E-state index is 0.204. The van der Waals surface area contributed by atoms with Crippen molar-refractivity contribution in [2.24, 2.45) is 0 Å². The summed E-state index contributed by atoms with van der Waals surface area (Å²) in [5.41, 5.74) is 2.91. The highest BCUT2D eigenvalue weighted by Gasteiger charge is 2.39. The van der Waals surface area contributed by atoms with Gasteiger partial charge < -0.3 is 10.8 Å². The van der Waals surface area contributed by atoms with Crippen molar-refractivity contribution in [2.45, 2.75) is 6.18 Å². The van der Waals surface area contributed by atoms with E-state index in [-0.39, 0.29) is 11.1 Å². The molecule has 3 N–H and O–H groups in total. The molecule has 0 heterocycles. The molecular formula is C14H10F3NO2. The molecule has 0 aromatic heterocycles. The molecule has 0 spiro atoms. The minimum atomic E-state index is -4.81. The summed E-state index contributed by atoms with van der Waals surface area (Å²) in [6.45, 7) is 0. The van der Waals surface area contributed by atoms with Gasteiger partial charge in [-0.3, -0.25) is 0 Å². The van der Waals surface area contributed by atoms with Gasteiger partial charge in [-0.15, -0.1) is 0 Å². The average Bonchev–Trinajstić information content (AvgIpc) is 2.37. The summed E-state index contributed by atoms with van der Waals surface area (Å²) < 4.78 is 39.6. The monoisotopic (exact) mass is 281 g/mol. The molecule has 6 heteroatoms. The number of carboxylic acids is 1. The van der Waals surface area contributed by atoms with E-state index in [2.05, 4.69) is 0 Å². The Labute approximate surface area is 112 Å². The highest BCUT2D eigenvalue weighted by Crippen LogP contribution is 2.41. The molecule has 0 atom stereocenters. The van der Waals surface area contributed by atoms with Crippen LogP contribution in [0, 0.1) is 0 Å². The van der Waals surface area contributed by atoms with E-state index in [1.54, 1.807) is 18.2 Å². The number of alkyl halides is 3. The lowest BCUT2D eigenvalue weighted by Crippen LogP contribution is -2.16. The van der Waals surface area contributed by atoms with Crippen molar-refractivity contribution >= 4 is 11.7 Å². The molecule has 3 nitrogen and oxygen atoms in total. The SMILES string of the molecule is Nc1ccc(-c2ccccc2)c(C(F)(F)F)c1C(=O)O. The van der Waals surface area contributed by atoms with Gasteiger partial charge in [-0.1, -0.05) is 36.4 Å². The summed E-state index contributed by atoms with van der Waals surface area (Å²) >= 11 is 0. The molecule has 0 aliphatic rings. The zero-order valence-corrected chi connectivity index (χ0v) is 10.1. The number of rotatable bonds is 2. The van der Waals surface area contributed by atoms with Crippen LogP contribution in [-0.4, -0.2) is 11.1 Å². The van der Waals surface area contributed by atoms with Crippen molar-refractivity contribution in [3.8, 4) is 11.1 Å². The maximum Gasteiger partial charge on any atom is 0.417 e. The van der Waals surface area contributed by atoms with E-state index in [4.69, 9.17) is 10.8 Å².